The van der Waals surface area contributed by atoms with Crippen LogP contribution in [-0.4, -0.2) is 24.1 Å². The first-order valence-electron chi connectivity index (χ1n) is 11.3. The lowest BCUT2D eigenvalue weighted by atomic mass is 9.75. The largest absolute Gasteiger partial charge is 0.459 e. The van der Waals surface area contributed by atoms with Gasteiger partial charge in [0.05, 0.1) is 0 Å². The molecule has 0 heterocycles. The van der Waals surface area contributed by atoms with Crippen LogP contribution in [0.3, 0.4) is 0 Å². The summed E-state index contributed by atoms with van der Waals surface area (Å²) < 4.78 is 11.4. The summed E-state index contributed by atoms with van der Waals surface area (Å²) >= 11 is 0. The number of carbonyl (C=O) groups excluding carboxylic acids is 2. The van der Waals surface area contributed by atoms with Crippen molar-refractivity contribution in [3.63, 3.8) is 0 Å². The van der Waals surface area contributed by atoms with E-state index in [9.17, 15) is 9.59 Å². The van der Waals surface area contributed by atoms with Crippen LogP contribution in [0.5, 0.6) is 0 Å². The van der Waals surface area contributed by atoms with Gasteiger partial charge in [0.25, 0.3) is 0 Å². The molecule has 0 N–H and O–H groups in total. The van der Waals surface area contributed by atoms with Crippen molar-refractivity contribution in [1.82, 2.24) is 0 Å². The van der Waals surface area contributed by atoms with Crippen LogP contribution in [0, 0.1) is 35.5 Å². The molecule has 0 aromatic carbocycles. The van der Waals surface area contributed by atoms with Gasteiger partial charge in [0.15, 0.2) is 0 Å². The van der Waals surface area contributed by atoms with E-state index in [1.165, 1.54) is 25.0 Å². The van der Waals surface area contributed by atoms with Crippen molar-refractivity contribution in [2.24, 2.45) is 35.5 Å². The van der Waals surface area contributed by atoms with Gasteiger partial charge in [-0.3, -0.25) is 0 Å². The minimum atomic E-state index is -0.431. The van der Waals surface area contributed by atoms with Crippen LogP contribution in [0.15, 0.2) is 12.2 Å². The van der Waals surface area contributed by atoms with Gasteiger partial charge in [0.2, 0.25) is 0 Å². The molecule has 0 aromatic rings. The second kappa shape index (κ2) is 10.5. The lowest BCUT2D eigenvalue weighted by Gasteiger charge is -2.36. The fraction of sp³-hybridized carbons (Fsp3) is 0.833. The second-order valence-electron chi connectivity index (χ2n) is 9.94. The molecule has 2 saturated carbocycles. The Balaban J connectivity index is 1.89. The number of hydrogen-bond acceptors (Lipinski definition) is 4. The van der Waals surface area contributed by atoms with Crippen molar-refractivity contribution < 1.29 is 19.1 Å². The molecule has 28 heavy (non-hydrogen) atoms. The molecule has 2 rings (SSSR count). The molecule has 0 bridgehead atoms. The fourth-order valence-corrected chi connectivity index (χ4v) is 5.01. The molecular formula is C24H40O4. The van der Waals surface area contributed by atoms with E-state index in [0.29, 0.717) is 35.5 Å². The molecule has 4 heteroatoms. The summed E-state index contributed by atoms with van der Waals surface area (Å²) in [5.74, 6) is 2.05. The van der Waals surface area contributed by atoms with Gasteiger partial charge >= 0.3 is 11.9 Å². The average Bonchev–Trinajstić information content (AvgIpc) is 2.59. The van der Waals surface area contributed by atoms with E-state index in [1.807, 2.05) is 0 Å². The highest BCUT2D eigenvalue weighted by Gasteiger charge is 2.34. The molecule has 0 radical (unpaired) electrons. The maximum absolute atomic E-state index is 12.3. The van der Waals surface area contributed by atoms with Crippen LogP contribution in [0.4, 0.5) is 0 Å². The van der Waals surface area contributed by atoms with Gasteiger partial charge in [0, 0.05) is 12.2 Å². The molecule has 0 saturated heterocycles. The van der Waals surface area contributed by atoms with Crippen LogP contribution >= 0.6 is 0 Å². The lowest BCUT2D eigenvalue weighted by molar-refractivity contribution is -0.152. The van der Waals surface area contributed by atoms with E-state index >= 15 is 0 Å². The van der Waals surface area contributed by atoms with E-state index in [4.69, 9.17) is 9.47 Å². The third-order valence-electron chi connectivity index (χ3n) is 6.81. The van der Waals surface area contributed by atoms with Crippen LogP contribution in [-0.2, 0) is 19.1 Å². The first-order valence-corrected chi connectivity index (χ1v) is 11.3. The highest BCUT2D eigenvalue weighted by molar-refractivity contribution is 5.91. The van der Waals surface area contributed by atoms with Crippen molar-refractivity contribution in [2.75, 3.05) is 0 Å². The molecule has 2 fully saturated rings. The van der Waals surface area contributed by atoms with Crippen LogP contribution in [0.2, 0.25) is 0 Å². The Morgan fingerprint density at radius 1 is 0.714 bits per heavy atom. The highest BCUT2D eigenvalue weighted by atomic mass is 16.5. The number of carbonyl (C=O) groups is 2. The Hall–Kier alpha value is -1.32. The molecule has 0 aromatic heterocycles. The zero-order valence-corrected chi connectivity index (χ0v) is 18.6. The van der Waals surface area contributed by atoms with Gasteiger partial charge in [-0.1, -0.05) is 54.4 Å². The quantitative estimate of drug-likeness (QED) is 0.439. The first-order chi connectivity index (χ1) is 13.2. The van der Waals surface area contributed by atoms with E-state index in [2.05, 4.69) is 41.5 Å². The minimum Gasteiger partial charge on any atom is -0.459 e. The molecule has 6 atom stereocenters. The molecule has 160 valence electrons. The number of ether oxygens (including phenoxy) is 2. The topological polar surface area (TPSA) is 52.6 Å². The third kappa shape index (κ3) is 6.63. The smallest absolute Gasteiger partial charge is 0.331 e. The maximum Gasteiger partial charge on any atom is 0.331 e. The molecule has 0 spiro atoms. The summed E-state index contributed by atoms with van der Waals surface area (Å²) in [5, 5.41) is 0. The second-order valence-corrected chi connectivity index (χ2v) is 9.94. The number of rotatable bonds is 6. The highest BCUT2D eigenvalue weighted by Crippen LogP contribution is 2.36. The van der Waals surface area contributed by atoms with Gasteiger partial charge < -0.3 is 9.47 Å². The Morgan fingerprint density at radius 3 is 1.39 bits per heavy atom. The summed E-state index contributed by atoms with van der Waals surface area (Å²) in [5.41, 5.74) is 0. The van der Waals surface area contributed by atoms with Crippen molar-refractivity contribution in [3.8, 4) is 0 Å². The van der Waals surface area contributed by atoms with Crippen LogP contribution < -0.4 is 0 Å². The predicted octanol–water partition coefficient (Wildman–Crippen LogP) is 5.55. The predicted molar refractivity (Wildman–Crippen MR) is 112 cm³/mol. The van der Waals surface area contributed by atoms with E-state index < -0.39 is 11.9 Å². The van der Waals surface area contributed by atoms with Crippen LogP contribution in [0.1, 0.15) is 80.1 Å². The van der Waals surface area contributed by atoms with Crippen molar-refractivity contribution in [1.29, 1.82) is 0 Å². The molecule has 2 aliphatic rings. The Morgan fingerprint density at radius 2 is 1.07 bits per heavy atom. The van der Waals surface area contributed by atoms with Gasteiger partial charge in [-0.05, 0) is 61.2 Å². The third-order valence-corrected chi connectivity index (χ3v) is 6.81. The molecule has 2 unspecified atom stereocenters. The fourth-order valence-electron chi connectivity index (χ4n) is 5.01. The molecule has 0 amide bonds. The standard InChI is InChI=1S/C24H40O4/c1-15(2)19-9-7-17(5)13-21(19)27-23(25)11-12-24(26)28-22-14-18(6)8-10-20(22)16(3)4/h11-12,15-22H,7-10,13-14H2,1-6H3/t17-,18-,19+,20+,21?,22?/m1/s1. The Labute approximate surface area is 171 Å². The molecule has 2 aliphatic carbocycles. The summed E-state index contributed by atoms with van der Waals surface area (Å²) in [4.78, 5) is 24.6. The normalized spacial score (nSPS) is 34.0. The number of hydrogen-bond donors (Lipinski definition) is 0. The summed E-state index contributed by atoms with van der Waals surface area (Å²) in [7, 11) is 0. The summed E-state index contributed by atoms with van der Waals surface area (Å²) in [6, 6.07) is 0. The summed E-state index contributed by atoms with van der Waals surface area (Å²) in [6.07, 6.45) is 8.77. The molecular weight excluding hydrogens is 352 g/mol. The Bertz CT molecular complexity index is 503. The van der Waals surface area contributed by atoms with Gasteiger partial charge in [0.1, 0.15) is 12.2 Å². The van der Waals surface area contributed by atoms with E-state index in [-0.39, 0.29) is 12.2 Å². The number of esters is 2. The van der Waals surface area contributed by atoms with E-state index in [0.717, 1.165) is 25.7 Å². The van der Waals surface area contributed by atoms with Crippen molar-refractivity contribution in [2.45, 2.75) is 92.3 Å². The first kappa shape index (κ1) is 23.0. The maximum atomic E-state index is 12.3. The summed E-state index contributed by atoms with van der Waals surface area (Å²) in [6.45, 7) is 13.2. The van der Waals surface area contributed by atoms with Gasteiger partial charge in [-0.2, -0.15) is 0 Å². The van der Waals surface area contributed by atoms with Gasteiger partial charge in [-0.25, -0.2) is 9.59 Å². The lowest BCUT2D eigenvalue weighted by Crippen LogP contribution is -2.36. The minimum absolute atomic E-state index is 0.0542. The SMILES string of the molecule is CC(C)[C@@H]1CC[C@@H](C)CC1OC(=O)C=CC(=O)OC1C[C@H](C)CC[C@H]1C(C)C. The molecule has 4 nitrogen and oxygen atoms in total. The average molecular weight is 393 g/mol. The monoisotopic (exact) mass is 392 g/mol. The van der Waals surface area contributed by atoms with E-state index in [1.54, 1.807) is 0 Å². The zero-order valence-electron chi connectivity index (χ0n) is 18.6. The van der Waals surface area contributed by atoms with Crippen molar-refractivity contribution >= 4 is 11.9 Å². The molecule has 0 aliphatic heterocycles. The Kier molecular flexibility index (Phi) is 8.57. The zero-order chi connectivity index (χ0) is 20.8. The van der Waals surface area contributed by atoms with Gasteiger partial charge in [-0.15, -0.1) is 0 Å². The van der Waals surface area contributed by atoms with Crippen molar-refractivity contribution in [3.05, 3.63) is 12.2 Å². The van der Waals surface area contributed by atoms with Crippen LogP contribution in [0.25, 0.3) is 0 Å².